The summed E-state index contributed by atoms with van der Waals surface area (Å²) in [5.74, 6) is 0.233. The molecule has 6 rings (SSSR count). The monoisotopic (exact) mass is 684 g/mol. The quantitative estimate of drug-likeness (QED) is 0.271. The lowest BCUT2D eigenvalue weighted by atomic mass is 9.81. The number of aryl methyl sites for hydroxylation is 1. The Hall–Kier alpha value is -2.57. The van der Waals surface area contributed by atoms with E-state index in [-0.39, 0.29) is 30.8 Å². The van der Waals surface area contributed by atoms with Gasteiger partial charge in [-0.3, -0.25) is 14.3 Å². The summed E-state index contributed by atoms with van der Waals surface area (Å²) < 4.78 is 56.4. The van der Waals surface area contributed by atoms with E-state index in [9.17, 15) is 22.8 Å². The number of halogens is 3. The standard InChI is InChI=1S/C24H35F3N6O3P2.C5H6N2O/c1-28-19(13-2-6-23(25,37)7-3-13)16-12-33-22(30-16)31-20(14-4-8-35-9-5-14)15(32-33)10-17-21(34)29-11-18(36-17)24(26,27)38;1-7-5(4-8)2-3-6-7/h12-14,17-19,28H,2-11,37-38H2,1H3,(H,29,34);2-4H,1H3. The van der Waals surface area contributed by atoms with Crippen LogP contribution in [0.25, 0.3) is 5.78 Å². The Balaban J connectivity index is 0.000000455. The number of alkyl halides is 3. The first-order valence-electron chi connectivity index (χ1n) is 15.4. The Labute approximate surface area is 269 Å². The van der Waals surface area contributed by atoms with Crippen LogP contribution in [-0.2, 0) is 27.7 Å². The van der Waals surface area contributed by atoms with Crippen molar-refractivity contribution in [2.24, 2.45) is 13.0 Å². The molecule has 3 aromatic rings. The van der Waals surface area contributed by atoms with E-state index >= 15 is 0 Å². The van der Waals surface area contributed by atoms with E-state index in [2.05, 4.69) is 25.0 Å². The van der Waals surface area contributed by atoms with E-state index < -0.39 is 29.2 Å². The number of carbonyl (C=O) groups is 2. The van der Waals surface area contributed by atoms with Crippen LogP contribution in [0.5, 0.6) is 0 Å². The maximum Gasteiger partial charge on any atom is 0.286 e. The first-order valence-corrected chi connectivity index (χ1v) is 16.6. The first kappa shape index (κ1) is 34.8. The molecule has 5 unspecified atom stereocenters. The van der Waals surface area contributed by atoms with E-state index in [1.807, 2.05) is 7.05 Å². The molecule has 17 heteroatoms. The van der Waals surface area contributed by atoms with Gasteiger partial charge < -0.3 is 20.1 Å². The average Bonchev–Trinajstić information content (AvgIpc) is 3.64. The van der Waals surface area contributed by atoms with E-state index in [4.69, 9.17) is 24.5 Å². The SMILES string of the molecule is CNC(c1cn2nc(CC3OC(C(F)(F)P)CNC3=O)c(C3CCOCC3)nc2n1)C1CCC(F)(P)CC1.Cn1nccc1C=O. The van der Waals surface area contributed by atoms with Gasteiger partial charge in [0.2, 0.25) is 5.91 Å². The lowest BCUT2D eigenvalue weighted by molar-refractivity contribution is -0.160. The molecular weight excluding hydrogens is 643 g/mol. The number of amides is 1. The van der Waals surface area contributed by atoms with Crippen LogP contribution in [-0.4, -0.2) is 91.6 Å². The van der Waals surface area contributed by atoms with Gasteiger partial charge in [-0.05, 0) is 57.6 Å². The number of rotatable bonds is 8. The van der Waals surface area contributed by atoms with Crippen molar-refractivity contribution in [1.29, 1.82) is 0 Å². The third kappa shape index (κ3) is 8.28. The number of morpholine rings is 1. The minimum atomic E-state index is -3.18. The molecule has 46 heavy (non-hydrogen) atoms. The summed E-state index contributed by atoms with van der Waals surface area (Å²) in [5, 5.41) is 13.2. The van der Waals surface area contributed by atoms with Gasteiger partial charge in [0.05, 0.1) is 35.9 Å². The van der Waals surface area contributed by atoms with Crippen LogP contribution in [0.1, 0.15) is 78.1 Å². The van der Waals surface area contributed by atoms with Gasteiger partial charge in [0, 0.05) is 38.8 Å². The van der Waals surface area contributed by atoms with Gasteiger partial charge in [-0.25, -0.2) is 18.9 Å². The molecule has 2 aliphatic heterocycles. The molecule has 5 heterocycles. The van der Waals surface area contributed by atoms with Gasteiger partial charge in [-0.2, -0.15) is 19.0 Å². The fourth-order valence-corrected chi connectivity index (χ4v) is 6.74. The van der Waals surface area contributed by atoms with Crippen LogP contribution in [0.4, 0.5) is 13.2 Å². The Morgan fingerprint density at radius 3 is 2.54 bits per heavy atom. The zero-order valence-electron chi connectivity index (χ0n) is 25.9. The molecule has 0 spiro atoms. The molecule has 1 aliphatic carbocycles. The molecule has 3 aliphatic rings. The van der Waals surface area contributed by atoms with Crippen molar-refractivity contribution < 1.29 is 32.2 Å². The minimum Gasteiger partial charge on any atom is -0.381 e. The number of fused-ring (bicyclic) bond motifs is 1. The molecule has 3 aromatic heterocycles. The third-order valence-corrected chi connectivity index (χ3v) is 9.82. The fourth-order valence-electron chi connectivity index (χ4n) is 6.21. The van der Waals surface area contributed by atoms with Crippen LogP contribution in [0, 0.1) is 5.92 Å². The zero-order valence-corrected chi connectivity index (χ0v) is 28.2. The largest absolute Gasteiger partial charge is 0.381 e. The third-order valence-electron chi connectivity index (χ3n) is 8.87. The van der Waals surface area contributed by atoms with Gasteiger partial charge in [-0.1, -0.05) is 18.5 Å². The summed E-state index contributed by atoms with van der Waals surface area (Å²) in [7, 11) is 7.41. The second-order valence-corrected chi connectivity index (χ2v) is 13.9. The smallest absolute Gasteiger partial charge is 0.286 e. The normalized spacial score (nSPS) is 26.7. The summed E-state index contributed by atoms with van der Waals surface area (Å²) in [6, 6.07) is 1.57. The maximum absolute atomic E-state index is 14.4. The highest BCUT2D eigenvalue weighted by atomic mass is 31.0. The fraction of sp³-hybridized carbons (Fsp3) is 0.655. The Bertz CT molecular complexity index is 1500. The summed E-state index contributed by atoms with van der Waals surface area (Å²) in [5.41, 5.74) is -0.602. The number of aromatic nitrogens is 6. The molecule has 12 nitrogen and oxygen atoms in total. The van der Waals surface area contributed by atoms with Crippen molar-refractivity contribution in [1.82, 2.24) is 40.0 Å². The molecule has 2 saturated heterocycles. The number of hydrogen-bond acceptors (Lipinski definition) is 9. The van der Waals surface area contributed by atoms with Crippen molar-refractivity contribution >= 4 is 36.5 Å². The Kier molecular flexibility index (Phi) is 11.1. The predicted octanol–water partition coefficient (Wildman–Crippen LogP) is 3.14. The van der Waals surface area contributed by atoms with Crippen molar-refractivity contribution in [2.45, 2.75) is 80.2 Å². The molecule has 3 fully saturated rings. The molecule has 0 bridgehead atoms. The van der Waals surface area contributed by atoms with E-state index in [0.717, 1.165) is 37.7 Å². The molecule has 0 radical (unpaired) electrons. The summed E-state index contributed by atoms with van der Waals surface area (Å²) in [4.78, 5) is 32.2. The zero-order chi connectivity index (χ0) is 33.1. The number of carbonyl (C=O) groups excluding carboxylic acids is 2. The van der Waals surface area contributed by atoms with Crippen molar-refractivity contribution in [2.75, 3.05) is 26.8 Å². The van der Waals surface area contributed by atoms with Crippen LogP contribution in [0.3, 0.4) is 0 Å². The van der Waals surface area contributed by atoms with Crippen LogP contribution in [0.15, 0.2) is 18.5 Å². The first-order chi connectivity index (χ1) is 21.9. The summed E-state index contributed by atoms with van der Waals surface area (Å²) in [6.45, 7) is 0.891. The number of imidazole rings is 1. The number of nitrogens with one attached hydrogen (secondary N) is 2. The van der Waals surface area contributed by atoms with Gasteiger partial charge >= 0.3 is 0 Å². The number of hydrogen-bond donors (Lipinski definition) is 2. The van der Waals surface area contributed by atoms with Crippen LogP contribution < -0.4 is 10.6 Å². The average molecular weight is 685 g/mol. The minimum absolute atomic E-state index is 0.0110. The Morgan fingerprint density at radius 1 is 1.24 bits per heavy atom. The Morgan fingerprint density at radius 2 is 1.96 bits per heavy atom. The van der Waals surface area contributed by atoms with Crippen molar-refractivity contribution in [3.8, 4) is 0 Å². The second kappa shape index (κ2) is 14.7. The maximum atomic E-state index is 14.4. The topological polar surface area (TPSA) is 138 Å². The van der Waals surface area contributed by atoms with E-state index in [1.54, 1.807) is 30.0 Å². The molecule has 0 aromatic carbocycles. The van der Waals surface area contributed by atoms with Crippen molar-refractivity contribution in [3.05, 3.63) is 41.2 Å². The summed E-state index contributed by atoms with van der Waals surface area (Å²) in [6.07, 6.45) is 5.48. The highest BCUT2D eigenvalue weighted by molar-refractivity contribution is 7.18. The summed E-state index contributed by atoms with van der Waals surface area (Å²) >= 11 is 0. The van der Waals surface area contributed by atoms with Gasteiger partial charge in [-0.15, -0.1) is 0 Å². The molecular formula is C29H41F3N8O4P2. The molecule has 1 amide bonds. The van der Waals surface area contributed by atoms with Gasteiger partial charge in [0.25, 0.3) is 11.4 Å². The molecule has 1 saturated carbocycles. The lowest BCUT2D eigenvalue weighted by Gasteiger charge is -2.34. The number of ether oxygens (including phenoxy) is 2. The lowest BCUT2D eigenvalue weighted by Crippen LogP contribution is -2.54. The van der Waals surface area contributed by atoms with Gasteiger partial charge in [0.1, 0.15) is 23.3 Å². The van der Waals surface area contributed by atoms with Crippen molar-refractivity contribution in [3.63, 3.8) is 0 Å². The molecule has 2 N–H and O–H groups in total. The highest BCUT2D eigenvalue weighted by Gasteiger charge is 2.43. The number of aldehydes is 1. The molecule has 5 atom stereocenters. The second-order valence-electron chi connectivity index (χ2n) is 12.1. The van der Waals surface area contributed by atoms with E-state index in [0.29, 0.717) is 48.9 Å². The molecule has 252 valence electrons. The van der Waals surface area contributed by atoms with Crippen LogP contribution >= 0.6 is 18.5 Å². The van der Waals surface area contributed by atoms with Gasteiger partial charge in [0.15, 0.2) is 6.29 Å². The highest BCUT2D eigenvalue weighted by Crippen LogP contribution is 2.43. The van der Waals surface area contributed by atoms with E-state index in [1.165, 1.54) is 13.9 Å². The number of nitrogens with zero attached hydrogens (tertiary/aromatic N) is 6. The van der Waals surface area contributed by atoms with Crippen LogP contribution in [0.2, 0.25) is 0 Å². The predicted molar refractivity (Wildman–Crippen MR) is 170 cm³/mol.